The van der Waals surface area contributed by atoms with Gasteiger partial charge in [0, 0.05) is 13.1 Å². The molecule has 3 nitrogen and oxygen atoms in total. The summed E-state index contributed by atoms with van der Waals surface area (Å²) < 4.78 is 6.52. The van der Waals surface area contributed by atoms with E-state index in [9.17, 15) is 0 Å². The van der Waals surface area contributed by atoms with Crippen LogP contribution in [0.5, 0.6) is 0 Å². The lowest BCUT2D eigenvalue weighted by atomic mass is 10.2. The van der Waals surface area contributed by atoms with Gasteiger partial charge in [-0.25, -0.2) is 0 Å². The standard InChI is InChI=1S/C13H27N2O/c1-5-15(6-2,7-3)12-13(4)14-8-10-16-11-9-14/h4-12H2,1-3H3/q+1. The molecule has 1 aliphatic rings. The monoisotopic (exact) mass is 227 g/mol. The molecule has 3 heteroatoms. The lowest BCUT2D eigenvalue weighted by Crippen LogP contribution is -2.51. The van der Waals surface area contributed by atoms with Crippen molar-refractivity contribution >= 4 is 0 Å². The van der Waals surface area contributed by atoms with E-state index in [-0.39, 0.29) is 0 Å². The molecule has 0 atom stereocenters. The summed E-state index contributed by atoms with van der Waals surface area (Å²) in [7, 11) is 0. The lowest BCUT2D eigenvalue weighted by molar-refractivity contribution is -0.919. The molecule has 1 aliphatic heterocycles. The molecule has 0 aromatic rings. The van der Waals surface area contributed by atoms with E-state index in [0.717, 1.165) is 37.3 Å². The van der Waals surface area contributed by atoms with E-state index in [1.54, 1.807) is 0 Å². The fourth-order valence-electron chi connectivity index (χ4n) is 2.37. The normalized spacial score (nSPS) is 17.6. The van der Waals surface area contributed by atoms with Crippen LogP contribution in [0.3, 0.4) is 0 Å². The Morgan fingerprint density at radius 2 is 1.62 bits per heavy atom. The first-order valence-corrected chi connectivity index (χ1v) is 6.53. The molecule has 0 aromatic heterocycles. The highest BCUT2D eigenvalue weighted by atomic mass is 16.5. The maximum Gasteiger partial charge on any atom is 0.119 e. The first-order chi connectivity index (χ1) is 7.67. The number of hydrogen-bond acceptors (Lipinski definition) is 2. The van der Waals surface area contributed by atoms with Gasteiger partial charge < -0.3 is 14.1 Å². The number of morpholine rings is 1. The van der Waals surface area contributed by atoms with Crippen molar-refractivity contribution < 1.29 is 9.22 Å². The van der Waals surface area contributed by atoms with Crippen molar-refractivity contribution in [1.82, 2.24) is 4.90 Å². The van der Waals surface area contributed by atoms with E-state index >= 15 is 0 Å². The van der Waals surface area contributed by atoms with Crippen LogP contribution in [0.4, 0.5) is 0 Å². The molecule has 94 valence electrons. The van der Waals surface area contributed by atoms with Crippen LogP contribution < -0.4 is 0 Å². The second-order valence-electron chi connectivity index (χ2n) is 4.61. The minimum atomic E-state index is 0.851. The van der Waals surface area contributed by atoms with Gasteiger partial charge in [0.15, 0.2) is 0 Å². The van der Waals surface area contributed by atoms with Gasteiger partial charge in [0.25, 0.3) is 0 Å². The first-order valence-electron chi connectivity index (χ1n) is 6.53. The molecule has 0 radical (unpaired) electrons. The maximum atomic E-state index is 5.37. The Hall–Kier alpha value is -0.540. The molecular weight excluding hydrogens is 200 g/mol. The van der Waals surface area contributed by atoms with Gasteiger partial charge >= 0.3 is 0 Å². The molecule has 1 fully saturated rings. The number of rotatable bonds is 6. The Morgan fingerprint density at radius 3 is 2.06 bits per heavy atom. The third-order valence-corrected chi connectivity index (χ3v) is 3.99. The Bertz CT molecular complexity index is 210. The Kier molecular flexibility index (Phi) is 5.29. The molecule has 0 aliphatic carbocycles. The molecule has 1 heterocycles. The Morgan fingerprint density at radius 1 is 1.12 bits per heavy atom. The molecule has 0 aromatic carbocycles. The first kappa shape index (κ1) is 13.5. The third kappa shape index (κ3) is 3.22. The van der Waals surface area contributed by atoms with Gasteiger partial charge in [-0.15, -0.1) is 0 Å². The number of quaternary nitrogens is 1. The molecule has 16 heavy (non-hydrogen) atoms. The van der Waals surface area contributed by atoms with Gasteiger partial charge in [-0.2, -0.15) is 0 Å². The Balaban J connectivity index is 2.53. The van der Waals surface area contributed by atoms with Crippen LogP contribution in [0.15, 0.2) is 12.3 Å². The Labute approximate surface area is 100 Å². The van der Waals surface area contributed by atoms with E-state index < -0.39 is 0 Å². The van der Waals surface area contributed by atoms with Gasteiger partial charge in [0.1, 0.15) is 6.54 Å². The average molecular weight is 227 g/mol. The molecule has 1 rings (SSSR count). The zero-order chi connectivity index (χ0) is 12.0. The van der Waals surface area contributed by atoms with Crippen LogP contribution in [-0.2, 0) is 4.74 Å². The van der Waals surface area contributed by atoms with Crippen molar-refractivity contribution in [2.24, 2.45) is 0 Å². The van der Waals surface area contributed by atoms with E-state index in [4.69, 9.17) is 4.74 Å². The van der Waals surface area contributed by atoms with Crippen molar-refractivity contribution in [3.05, 3.63) is 12.3 Å². The van der Waals surface area contributed by atoms with E-state index in [2.05, 4.69) is 32.3 Å². The summed E-state index contributed by atoms with van der Waals surface area (Å²) in [5, 5.41) is 0. The summed E-state index contributed by atoms with van der Waals surface area (Å²) in [5.74, 6) is 0. The number of likely N-dealkylation sites (N-methyl/N-ethyl adjacent to an activating group) is 1. The van der Waals surface area contributed by atoms with Crippen LogP contribution in [-0.4, -0.2) is 61.9 Å². The van der Waals surface area contributed by atoms with E-state index in [0.29, 0.717) is 0 Å². The fourth-order valence-corrected chi connectivity index (χ4v) is 2.37. The maximum absolute atomic E-state index is 5.37. The minimum absolute atomic E-state index is 0.851. The van der Waals surface area contributed by atoms with Gasteiger partial charge in [0.05, 0.1) is 38.5 Å². The highest BCUT2D eigenvalue weighted by Gasteiger charge is 2.24. The zero-order valence-electron chi connectivity index (χ0n) is 11.2. The van der Waals surface area contributed by atoms with Gasteiger partial charge in [-0.3, -0.25) is 0 Å². The van der Waals surface area contributed by atoms with Crippen molar-refractivity contribution in [3.63, 3.8) is 0 Å². The molecule has 0 bridgehead atoms. The topological polar surface area (TPSA) is 12.5 Å². The van der Waals surface area contributed by atoms with E-state index in [1.807, 2.05) is 0 Å². The van der Waals surface area contributed by atoms with Crippen molar-refractivity contribution in [2.45, 2.75) is 20.8 Å². The molecule has 0 saturated carbocycles. The van der Waals surface area contributed by atoms with Crippen LogP contribution in [0.25, 0.3) is 0 Å². The quantitative estimate of drug-likeness (QED) is 0.641. The van der Waals surface area contributed by atoms with Gasteiger partial charge in [-0.05, 0) is 20.8 Å². The van der Waals surface area contributed by atoms with Gasteiger partial charge in [0.2, 0.25) is 0 Å². The molecule has 0 amide bonds. The lowest BCUT2D eigenvalue weighted by Gasteiger charge is -2.40. The SMILES string of the molecule is C=C(C[N+](CC)(CC)CC)N1CCOCC1. The highest BCUT2D eigenvalue weighted by molar-refractivity contribution is 4.95. The van der Waals surface area contributed by atoms with Gasteiger partial charge in [-0.1, -0.05) is 6.58 Å². The largest absolute Gasteiger partial charge is 0.378 e. The van der Waals surface area contributed by atoms with Crippen LogP contribution in [0.1, 0.15) is 20.8 Å². The molecule has 1 saturated heterocycles. The fraction of sp³-hybridized carbons (Fsp3) is 0.846. The summed E-state index contributed by atoms with van der Waals surface area (Å²) >= 11 is 0. The van der Waals surface area contributed by atoms with Crippen molar-refractivity contribution in [3.8, 4) is 0 Å². The second-order valence-corrected chi connectivity index (χ2v) is 4.61. The summed E-state index contributed by atoms with van der Waals surface area (Å²) in [5.41, 5.74) is 1.29. The third-order valence-electron chi connectivity index (χ3n) is 3.99. The number of hydrogen-bond donors (Lipinski definition) is 0. The molecule has 0 unspecified atom stereocenters. The number of nitrogens with zero attached hydrogens (tertiary/aromatic N) is 2. The smallest absolute Gasteiger partial charge is 0.119 e. The second kappa shape index (κ2) is 6.26. The van der Waals surface area contributed by atoms with Crippen molar-refractivity contribution in [2.75, 3.05) is 52.5 Å². The summed E-state index contributed by atoms with van der Waals surface area (Å²) in [6.45, 7) is 19.5. The summed E-state index contributed by atoms with van der Waals surface area (Å²) in [4.78, 5) is 2.39. The average Bonchev–Trinajstić information content (AvgIpc) is 2.37. The van der Waals surface area contributed by atoms with Crippen molar-refractivity contribution in [1.29, 1.82) is 0 Å². The van der Waals surface area contributed by atoms with Crippen LogP contribution in [0, 0.1) is 0 Å². The zero-order valence-corrected chi connectivity index (χ0v) is 11.2. The number of ether oxygens (including phenoxy) is 1. The predicted octanol–water partition coefficient (Wildman–Crippen LogP) is 1.71. The molecular formula is C13H27N2O+. The highest BCUT2D eigenvalue weighted by Crippen LogP contribution is 2.14. The molecule has 0 spiro atoms. The minimum Gasteiger partial charge on any atom is -0.378 e. The molecule has 0 N–H and O–H groups in total. The van der Waals surface area contributed by atoms with E-state index in [1.165, 1.54) is 25.3 Å². The summed E-state index contributed by atoms with van der Waals surface area (Å²) in [6, 6.07) is 0. The summed E-state index contributed by atoms with van der Waals surface area (Å²) in [6.07, 6.45) is 0. The van der Waals surface area contributed by atoms with Crippen LogP contribution in [0.2, 0.25) is 0 Å². The predicted molar refractivity (Wildman–Crippen MR) is 68.3 cm³/mol. The van der Waals surface area contributed by atoms with Crippen LogP contribution >= 0.6 is 0 Å².